The Morgan fingerprint density at radius 3 is 2.33 bits per heavy atom. The Morgan fingerprint density at radius 2 is 1.67 bits per heavy atom. The van der Waals surface area contributed by atoms with Gasteiger partial charge in [-0.15, -0.1) is 0 Å². The van der Waals surface area contributed by atoms with Crippen molar-refractivity contribution < 1.29 is 9.47 Å². The second-order valence-electron chi connectivity index (χ2n) is 6.29. The molecular formula is C21H25ClN2O2S. The van der Waals surface area contributed by atoms with Crippen LogP contribution >= 0.6 is 23.8 Å². The SMILES string of the molecule is CCOc1ccc(C(=S)N2CCN(c3cccc(Cl)c3)CC2)cc1OCC. The van der Waals surface area contributed by atoms with E-state index in [0.29, 0.717) is 13.2 Å². The molecule has 0 saturated carbocycles. The monoisotopic (exact) mass is 404 g/mol. The second-order valence-corrected chi connectivity index (χ2v) is 7.11. The van der Waals surface area contributed by atoms with E-state index in [-0.39, 0.29) is 0 Å². The Bertz CT molecular complexity index is 792. The van der Waals surface area contributed by atoms with Gasteiger partial charge in [0, 0.05) is 42.5 Å². The van der Waals surface area contributed by atoms with E-state index in [0.717, 1.165) is 58.9 Å². The molecule has 27 heavy (non-hydrogen) atoms. The lowest BCUT2D eigenvalue weighted by Gasteiger charge is -2.37. The van der Waals surface area contributed by atoms with Crippen LogP contribution in [-0.4, -0.2) is 49.3 Å². The zero-order valence-corrected chi connectivity index (χ0v) is 17.4. The zero-order valence-electron chi connectivity index (χ0n) is 15.8. The Hall–Kier alpha value is -1.98. The lowest BCUT2D eigenvalue weighted by atomic mass is 10.1. The van der Waals surface area contributed by atoms with Crippen LogP contribution < -0.4 is 14.4 Å². The summed E-state index contributed by atoms with van der Waals surface area (Å²) >= 11 is 11.9. The van der Waals surface area contributed by atoms with Crippen molar-refractivity contribution in [2.75, 3.05) is 44.3 Å². The van der Waals surface area contributed by atoms with Crippen molar-refractivity contribution in [3.63, 3.8) is 0 Å². The topological polar surface area (TPSA) is 24.9 Å². The van der Waals surface area contributed by atoms with Crippen molar-refractivity contribution in [2.24, 2.45) is 0 Å². The summed E-state index contributed by atoms with van der Waals surface area (Å²) in [6, 6.07) is 13.9. The minimum atomic E-state index is 0.592. The summed E-state index contributed by atoms with van der Waals surface area (Å²) in [5.41, 5.74) is 2.15. The highest BCUT2D eigenvalue weighted by Crippen LogP contribution is 2.29. The van der Waals surface area contributed by atoms with E-state index in [4.69, 9.17) is 33.3 Å². The molecule has 0 N–H and O–H groups in total. The summed E-state index contributed by atoms with van der Waals surface area (Å²) < 4.78 is 11.4. The van der Waals surface area contributed by atoms with Gasteiger partial charge >= 0.3 is 0 Å². The maximum atomic E-state index is 6.12. The third-order valence-corrected chi connectivity index (χ3v) is 5.26. The minimum absolute atomic E-state index is 0.592. The molecule has 0 atom stereocenters. The summed E-state index contributed by atoms with van der Waals surface area (Å²) in [5.74, 6) is 1.51. The van der Waals surface area contributed by atoms with E-state index in [1.807, 2.05) is 50.2 Å². The molecule has 0 radical (unpaired) electrons. The van der Waals surface area contributed by atoms with Gasteiger partial charge < -0.3 is 19.3 Å². The van der Waals surface area contributed by atoms with Crippen LogP contribution in [0.2, 0.25) is 5.02 Å². The number of halogens is 1. The Labute approximate surface area is 171 Å². The predicted octanol–water partition coefficient (Wildman–Crippen LogP) is 4.64. The molecule has 1 aliphatic heterocycles. The molecule has 0 aromatic heterocycles. The van der Waals surface area contributed by atoms with Crippen LogP contribution in [0.25, 0.3) is 0 Å². The number of nitrogens with zero attached hydrogens (tertiary/aromatic N) is 2. The van der Waals surface area contributed by atoms with E-state index >= 15 is 0 Å². The molecule has 4 nitrogen and oxygen atoms in total. The number of hydrogen-bond acceptors (Lipinski definition) is 4. The minimum Gasteiger partial charge on any atom is -0.490 e. The molecule has 3 rings (SSSR count). The molecule has 1 fully saturated rings. The highest BCUT2D eigenvalue weighted by Gasteiger charge is 2.21. The molecule has 0 spiro atoms. The first-order valence-corrected chi connectivity index (χ1v) is 10.1. The van der Waals surface area contributed by atoms with E-state index < -0.39 is 0 Å². The molecule has 2 aromatic carbocycles. The average Bonchev–Trinajstić information content (AvgIpc) is 2.69. The first-order valence-electron chi connectivity index (χ1n) is 9.31. The Kier molecular flexibility index (Phi) is 6.80. The van der Waals surface area contributed by atoms with Gasteiger partial charge in [0.2, 0.25) is 0 Å². The van der Waals surface area contributed by atoms with Crippen LogP contribution in [0.15, 0.2) is 42.5 Å². The Balaban J connectivity index is 1.67. The molecule has 6 heteroatoms. The van der Waals surface area contributed by atoms with Crippen LogP contribution in [0, 0.1) is 0 Å². The highest BCUT2D eigenvalue weighted by molar-refractivity contribution is 7.80. The maximum absolute atomic E-state index is 6.12. The van der Waals surface area contributed by atoms with Crippen LogP contribution in [0.1, 0.15) is 19.4 Å². The smallest absolute Gasteiger partial charge is 0.161 e. The van der Waals surface area contributed by atoms with Gasteiger partial charge in [0.1, 0.15) is 4.99 Å². The molecule has 0 aliphatic carbocycles. The fourth-order valence-electron chi connectivity index (χ4n) is 3.21. The standard InChI is InChI=1S/C21H25ClN2O2S/c1-3-25-19-9-8-16(14-20(19)26-4-2)21(27)24-12-10-23(11-13-24)18-7-5-6-17(22)15-18/h5-9,14-15H,3-4,10-13H2,1-2H3. The lowest BCUT2D eigenvalue weighted by Crippen LogP contribution is -2.48. The van der Waals surface area contributed by atoms with Crippen molar-refractivity contribution in [1.82, 2.24) is 4.90 Å². The van der Waals surface area contributed by atoms with Gasteiger partial charge in [0.25, 0.3) is 0 Å². The number of anilines is 1. The van der Waals surface area contributed by atoms with Crippen LogP contribution in [0.4, 0.5) is 5.69 Å². The third-order valence-electron chi connectivity index (χ3n) is 4.53. The normalized spacial score (nSPS) is 14.2. The van der Waals surface area contributed by atoms with Gasteiger partial charge in [0.05, 0.1) is 13.2 Å². The van der Waals surface area contributed by atoms with Crippen LogP contribution in [0.3, 0.4) is 0 Å². The summed E-state index contributed by atoms with van der Waals surface area (Å²) in [4.78, 5) is 5.45. The van der Waals surface area contributed by atoms with Crippen LogP contribution in [0.5, 0.6) is 11.5 Å². The van der Waals surface area contributed by atoms with Gasteiger partial charge in [-0.1, -0.05) is 29.9 Å². The summed E-state index contributed by atoms with van der Waals surface area (Å²) in [6.07, 6.45) is 0. The molecule has 1 aliphatic rings. The van der Waals surface area contributed by atoms with Gasteiger partial charge in [-0.3, -0.25) is 0 Å². The van der Waals surface area contributed by atoms with Gasteiger partial charge in [-0.2, -0.15) is 0 Å². The number of piperazine rings is 1. The first kappa shape index (κ1) is 19.8. The second kappa shape index (κ2) is 9.29. The molecule has 0 unspecified atom stereocenters. The van der Waals surface area contributed by atoms with Gasteiger partial charge in [0.15, 0.2) is 11.5 Å². The van der Waals surface area contributed by atoms with E-state index in [1.165, 1.54) is 0 Å². The number of ether oxygens (including phenoxy) is 2. The number of benzene rings is 2. The molecule has 1 heterocycles. The summed E-state index contributed by atoms with van der Waals surface area (Å²) in [6.45, 7) is 8.71. The fourth-order valence-corrected chi connectivity index (χ4v) is 3.70. The van der Waals surface area contributed by atoms with Crippen molar-refractivity contribution in [3.05, 3.63) is 53.1 Å². The lowest BCUT2D eigenvalue weighted by molar-refractivity contribution is 0.287. The quantitative estimate of drug-likeness (QED) is 0.653. The van der Waals surface area contributed by atoms with Crippen LogP contribution in [-0.2, 0) is 0 Å². The highest BCUT2D eigenvalue weighted by atomic mass is 35.5. The molecule has 2 aromatic rings. The van der Waals surface area contributed by atoms with Crippen molar-refractivity contribution in [2.45, 2.75) is 13.8 Å². The number of hydrogen-bond donors (Lipinski definition) is 0. The number of thiocarbonyl (C=S) groups is 1. The van der Waals surface area contributed by atoms with E-state index in [2.05, 4.69) is 15.9 Å². The maximum Gasteiger partial charge on any atom is 0.161 e. The zero-order chi connectivity index (χ0) is 19.2. The van der Waals surface area contributed by atoms with E-state index in [1.54, 1.807) is 0 Å². The Morgan fingerprint density at radius 1 is 0.963 bits per heavy atom. The van der Waals surface area contributed by atoms with Crippen molar-refractivity contribution in [3.8, 4) is 11.5 Å². The van der Waals surface area contributed by atoms with Crippen molar-refractivity contribution >= 4 is 34.5 Å². The molecule has 0 bridgehead atoms. The predicted molar refractivity (Wildman–Crippen MR) is 116 cm³/mol. The largest absolute Gasteiger partial charge is 0.490 e. The van der Waals surface area contributed by atoms with E-state index in [9.17, 15) is 0 Å². The van der Waals surface area contributed by atoms with Gasteiger partial charge in [-0.05, 0) is 50.2 Å². The molecule has 0 amide bonds. The summed E-state index contributed by atoms with van der Waals surface area (Å²) in [7, 11) is 0. The number of rotatable bonds is 6. The fraction of sp³-hybridized carbons (Fsp3) is 0.381. The third kappa shape index (κ3) is 4.85. The van der Waals surface area contributed by atoms with Crippen molar-refractivity contribution in [1.29, 1.82) is 0 Å². The average molecular weight is 405 g/mol. The summed E-state index contributed by atoms with van der Waals surface area (Å²) in [5, 5.41) is 0.767. The molecule has 144 valence electrons. The molecular weight excluding hydrogens is 380 g/mol. The first-order chi connectivity index (χ1) is 13.1. The molecule has 1 saturated heterocycles. The van der Waals surface area contributed by atoms with Gasteiger partial charge in [-0.25, -0.2) is 0 Å².